The number of halogens is 3. The number of carbonyl (C=O) groups excluding carboxylic acids is 1. The van der Waals surface area contributed by atoms with Gasteiger partial charge in [0.15, 0.2) is 0 Å². The number of nitrogens with one attached hydrogen (secondary N) is 2. The number of pyridine rings is 1. The van der Waals surface area contributed by atoms with E-state index in [2.05, 4.69) is 15.6 Å². The molecule has 3 rings (SSSR count). The number of rotatable bonds is 2. The molecular weight excluding hydrogens is 327 g/mol. The van der Waals surface area contributed by atoms with E-state index in [1.807, 2.05) is 0 Å². The zero-order chi connectivity index (χ0) is 16.6. The van der Waals surface area contributed by atoms with Crippen LogP contribution in [0.15, 0.2) is 12.1 Å². The Morgan fingerprint density at radius 1 is 1.43 bits per heavy atom. The van der Waals surface area contributed by atoms with Crippen LogP contribution in [0.3, 0.4) is 0 Å². The minimum Gasteiger partial charge on any atom is -0.347 e. The molecule has 0 spiro atoms. The summed E-state index contributed by atoms with van der Waals surface area (Å²) in [5.74, 6) is -0.243. The fourth-order valence-corrected chi connectivity index (χ4v) is 3.78. The van der Waals surface area contributed by atoms with Crippen molar-refractivity contribution in [2.45, 2.75) is 32.0 Å². The molecule has 1 saturated heterocycles. The SMILES string of the molecule is Cc1c(C(=O)N[C@H]2CCCNC2)sc2nc(C(F)(F)F)ccc12. The van der Waals surface area contributed by atoms with E-state index in [0.717, 1.165) is 36.8 Å². The number of fused-ring (bicyclic) bond motifs is 1. The lowest BCUT2D eigenvalue weighted by atomic mass is 10.1. The van der Waals surface area contributed by atoms with Gasteiger partial charge < -0.3 is 10.6 Å². The van der Waals surface area contributed by atoms with Gasteiger partial charge in [-0.3, -0.25) is 4.79 Å². The normalized spacial score (nSPS) is 19.0. The minimum atomic E-state index is -4.48. The third-order valence-corrected chi connectivity index (χ3v) is 5.13. The van der Waals surface area contributed by atoms with Crippen molar-refractivity contribution in [2.24, 2.45) is 0 Å². The molecule has 1 aliphatic rings. The lowest BCUT2D eigenvalue weighted by molar-refractivity contribution is -0.140. The second kappa shape index (κ2) is 6.09. The number of nitrogens with zero attached hydrogens (tertiary/aromatic N) is 1. The Morgan fingerprint density at radius 3 is 2.87 bits per heavy atom. The van der Waals surface area contributed by atoms with Crippen LogP contribution in [0, 0.1) is 6.92 Å². The molecule has 0 radical (unpaired) electrons. The summed E-state index contributed by atoms with van der Waals surface area (Å²) in [4.78, 5) is 16.7. The van der Waals surface area contributed by atoms with Crippen molar-refractivity contribution in [3.05, 3.63) is 28.3 Å². The summed E-state index contributed by atoms with van der Waals surface area (Å²) in [5.41, 5.74) is -0.262. The van der Waals surface area contributed by atoms with Gasteiger partial charge >= 0.3 is 6.18 Å². The number of aromatic nitrogens is 1. The monoisotopic (exact) mass is 343 g/mol. The van der Waals surface area contributed by atoms with Crippen LogP contribution < -0.4 is 10.6 Å². The number of thiophene rings is 1. The van der Waals surface area contributed by atoms with Gasteiger partial charge in [0.2, 0.25) is 0 Å². The van der Waals surface area contributed by atoms with Crippen LogP contribution in [0.4, 0.5) is 13.2 Å². The second-order valence-electron chi connectivity index (χ2n) is 5.62. The zero-order valence-electron chi connectivity index (χ0n) is 12.5. The van der Waals surface area contributed by atoms with Gasteiger partial charge in [-0.25, -0.2) is 4.98 Å². The first-order valence-corrected chi connectivity index (χ1v) is 8.17. The average molecular weight is 343 g/mol. The first-order valence-electron chi connectivity index (χ1n) is 7.35. The Hall–Kier alpha value is -1.67. The highest BCUT2D eigenvalue weighted by atomic mass is 32.1. The third kappa shape index (κ3) is 3.32. The molecule has 2 N–H and O–H groups in total. The Morgan fingerprint density at radius 2 is 2.22 bits per heavy atom. The molecule has 2 aromatic rings. The molecule has 0 saturated carbocycles. The van der Waals surface area contributed by atoms with Gasteiger partial charge in [-0.1, -0.05) is 0 Å². The molecule has 0 aromatic carbocycles. The number of aryl methyl sites for hydroxylation is 1. The van der Waals surface area contributed by atoms with Crippen molar-refractivity contribution in [1.29, 1.82) is 0 Å². The maximum atomic E-state index is 12.7. The van der Waals surface area contributed by atoms with Gasteiger partial charge in [-0.2, -0.15) is 13.2 Å². The number of piperidine rings is 1. The fraction of sp³-hybridized carbons (Fsp3) is 0.467. The summed E-state index contributed by atoms with van der Waals surface area (Å²) < 4.78 is 38.2. The van der Waals surface area contributed by atoms with Crippen LogP contribution in [-0.2, 0) is 6.18 Å². The number of hydrogen-bond acceptors (Lipinski definition) is 4. The highest BCUT2D eigenvalue weighted by Gasteiger charge is 2.33. The Bertz CT molecular complexity index is 735. The van der Waals surface area contributed by atoms with Crippen LogP contribution >= 0.6 is 11.3 Å². The van der Waals surface area contributed by atoms with E-state index in [-0.39, 0.29) is 16.8 Å². The highest BCUT2D eigenvalue weighted by Crippen LogP contribution is 2.34. The largest absolute Gasteiger partial charge is 0.433 e. The van der Waals surface area contributed by atoms with Crippen molar-refractivity contribution < 1.29 is 18.0 Å². The van der Waals surface area contributed by atoms with Crippen molar-refractivity contribution in [3.63, 3.8) is 0 Å². The van der Waals surface area contributed by atoms with E-state index in [4.69, 9.17) is 0 Å². The first-order chi connectivity index (χ1) is 10.9. The van der Waals surface area contributed by atoms with E-state index < -0.39 is 11.9 Å². The van der Waals surface area contributed by atoms with Gasteiger partial charge in [-0.05, 0) is 44.0 Å². The molecule has 124 valence electrons. The van der Waals surface area contributed by atoms with Crippen molar-refractivity contribution >= 4 is 27.5 Å². The molecule has 1 fully saturated rings. The molecule has 2 aromatic heterocycles. The fourth-order valence-electron chi connectivity index (χ4n) is 2.70. The topological polar surface area (TPSA) is 54.0 Å². The lowest BCUT2D eigenvalue weighted by Gasteiger charge is -2.23. The molecule has 1 atom stereocenters. The predicted octanol–water partition coefficient (Wildman–Crippen LogP) is 3.11. The van der Waals surface area contributed by atoms with E-state index in [0.29, 0.717) is 22.4 Å². The number of hydrogen-bond donors (Lipinski definition) is 2. The molecule has 1 amide bonds. The molecule has 0 unspecified atom stereocenters. The maximum Gasteiger partial charge on any atom is 0.433 e. The molecule has 3 heterocycles. The molecule has 23 heavy (non-hydrogen) atoms. The lowest BCUT2D eigenvalue weighted by Crippen LogP contribution is -2.45. The summed E-state index contributed by atoms with van der Waals surface area (Å²) >= 11 is 1.01. The van der Waals surface area contributed by atoms with E-state index in [1.54, 1.807) is 6.92 Å². The Balaban J connectivity index is 1.88. The van der Waals surface area contributed by atoms with Crippen LogP contribution in [-0.4, -0.2) is 30.0 Å². The van der Waals surface area contributed by atoms with Crippen LogP contribution in [0.25, 0.3) is 10.2 Å². The van der Waals surface area contributed by atoms with Crippen molar-refractivity contribution in [2.75, 3.05) is 13.1 Å². The van der Waals surface area contributed by atoms with Crippen LogP contribution in [0.1, 0.15) is 33.8 Å². The third-order valence-electron chi connectivity index (χ3n) is 3.93. The van der Waals surface area contributed by atoms with Gasteiger partial charge in [0.1, 0.15) is 10.5 Å². The summed E-state index contributed by atoms with van der Waals surface area (Å²) in [6.07, 6.45) is -2.59. The maximum absolute atomic E-state index is 12.7. The van der Waals surface area contributed by atoms with Gasteiger partial charge in [0.05, 0.1) is 4.88 Å². The molecule has 4 nitrogen and oxygen atoms in total. The van der Waals surface area contributed by atoms with Crippen molar-refractivity contribution in [3.8, 4) is 0 Å². The highest BCUT2D eigenvalue weighted by molar-refractivity contribution is 7.20. The van der Waals surface area contributed by atoms with E-state index >= 15 is 0 Å². The van der Waals surface area contributed by atoms with Gasteiger partial charge in [-0.15, -0.1) is 11.3 Å². The Labute approximate surface area is 135 Å². The van der Waals surface area contributed by atoms with E-state index in [9.17, 15) is 18.0 Å². The smallest absolute Gasteiger partial charge is 0.347 e. The quantitative estimate of drug-likeness (QED) is 0.881. The summed E-state index contributed by atoms with van der Waals surface area (Å²) in [5, 5.41) is 6.74. The summed E-state index contributed by atoms with van der Waals surface area (Å²) in [7, 11) is 0. The van der Waals surface area contributed by atoms with Gasteiger partial charge in [0, 0.05) is 18.0 Å². The average Bonchev–Trinajstić information content (AvgIpc) is 2.84. The molecule has 8 heteroatoms. The number of alkyl halides is 3. The molecule has 0 bridgehead atoms. The standard InChI is InChI=1S/C15H16F3N3OS/c1-8-10-4-5-11(15(16,17)18)21-14(10)23-12(8)13(22)20-9-3-2-6-19-7-9/h4-5,9,19H,2-3,6-7H2,1H3,(H,20,22)/t9-/m0/s1. The number of carbonyl (C=O) groups is 1. The van der Waals surface area contributed by atoms with Crippen LogP contribution in [0.5, 0.6) is 0 Å². The molecule has 1 aliphatic heterocycles. The Kier molecular flexibility index (Phi) is 4.29. The van der Waals surface area contributed by atoms with Crippen molar-refractivity contribution in [1.82, 2.24) is 15.6 Å². The van der Waals surface area contributed by atoms with Crippen LogP contribution in [0.2, 0.25) is 0 Å². The molecule has 0 aliphatic carbocycles. The number of amides is 1. The predicted molar refractivity (Wildman–Crippen MR) is 82.7 cm³/mol. The van der Waals surface area contributed by atoms with E-state index in [1.165, 1.54) is 6.07 Å². The first kappa shape index (κ1) is 16.2. The summed E-state index contributed by atoms with van der Waals surface area (Å²) in [6, 6.07) is 2.39. The summed E-state index contributed by atoms with van der Waals surface area (Å²) in [6.45, 7) is 3.40. The second-order valence-corrected chi connectivity index (χ2v) is 6.62. The minimum absolute atomic E-state index is 0.0551. The zero-order valence-corrected chi connectivity index (χ0v) is 13.3. The van der Waals surface area contributed by atoms with Gasteiger partial charge in [0.25, 0.3) is 5.91 Å². The molecular formula is C15H16F3N3OS.